The Labute approximate surface area is 165 Å². The first-order valence-electron chi connectivity index (χ1n) is 9.56. The number of carbonyl (C=O) groups excluding carboxylic acids is 2. The summed E-state index contributed by atoms with van der Waals surface area (Å²) in [6.07, 6.45) is 5.63. The number of benzene rings is 2. The lowest BCUT2D eigenvalue weighted by Gasteiger charge is -2.16. The van der Waals surface area contributed by atoms with E-state index in [4.69, 9.17) is 9.47 Å². The van der Waals surface area contributed by atoms with E-state index in [0.29, 0.717) is 36.6 Å². The predicted octanol–water partition coefficient (Wildman–Crippen LogP) is 4.51. The van der Waals surface area contributed by atoms with Gasteiger partial charge in [-0.1, -0.05) is 31.2 Å². The fraction of sp³-hybridized carbons (Fsp3) is 0.304. The van der Waals surface area contributed by atoms with Crippen LogP contribution in [-0.4, -0.2) is 32.0 Å². The Morgan fingerprint density at radius 1 is 1.18 bits per heavy atom. The molecule has 1 amide bonds. The highest BCUT2D eigenvalue weighted by atomic mass is 16.5. The minimum atomic E-state index is -0.112. The second-order valence-electron chi connectivity index (χ2n) is 6.66. The van der Waals surface area contributed by atoms with Gasteiger partial charge in [0.15, 0.2) is 17.3 Å². The average molecular weight is 379 g/mol. The van der Waals surface area contributed by atoms with Crippen molar-refractivity contribution in [3.05, 3.63) is 59.7 Å². The summed E-state index contributed by atoms with van der Waals surface area (Å²) in [6.45, 7) is 3.38. The minimum absolute atomic E-state index is 0.109. The monoisotopic (exact) mass is 379 g/mol. The first kappa shape index (κ1) is 19.7. The molecule has 0 aliphatic carbocycles. The molecule has 146 valence electrons. The average Bonchev–Trinajstić information content (AvgIpc) is 3.16. The molecule has 1 aliphatic heterocycles. The number of nitrogens with zero attached hydrogens (tertiary/aromatic N) is 1. The van der Waals surface area contributed by atoms with Crippen LogP contribution in [0.2, 0.25) is 0 Å². The molecule has 1 heterocycles. The third kappa shape index (κ3) is 4.60. The molecule has 2 aromatic rings. The fourth-order valence-electron chi connectivity index (χ4n) is 3.14. The molecule has 0 unspecified atom stereocenters. The van der Waals surface area contributed by atoms with Gasteiger partial charge in [0.25, 0.3) is 0 Å². The molecule has 1 saturated heterocycles. The molecular weight excluding hydrogens is 354 g/mol. The molecule has 5 nitrogen and oxygen atoms in total. The number of methoxy groups -OCH3 is 1. The van der Waals surface area contributed by atoms with Crippen LogP contribution in [0.5, 0.6) is 11.5 Å². The van der Waals surface area contributed by atoms with Gasteiger partial charge >= 0.3 is 0 Å². The van der Waals surface area contributed by atoms with Crippen molar-refractivity contribution >= 4 is 23.5 Å². The molecule has 0 saturated carbocycles. The number of carbonyl (C=O) groups is 2. The number of amides is 1. The Bertz CT molecular complexity index is 888. The van der Waals surface area contributed by atoms with Crippen molar-refractivity contribution in [1.29, 1.82) is 0 Å². The molecule has 0 aromatic heterocycles. The van der Waals surface area contributed by atoms with Gasteiger partial charge in [-0.2, -0.15) is 0 Å². The van der Waals surface area contributed by atoms with Crippen LogP contribution in [0.25, 0.3) is 6.08 Å². The lowest BCUT2D eigenvalue weighted by molar-refractivity contribution is -0.117. The molecule has 3 rings (SSSR count). The van der Waals surface area contributed by atoms with E-state index >= 15 is 0 Å². The van der Waals surface area contributed by atoms with E-state index in [1.165, 1.54) is 6.08 Å². The zero-order valence-corrected chi connectivity index (χ0v) is 16.3. The van der Waals surface area contributed by atoms with E-state index in [0.717, 1.165) is 24.1 Å². The number of allylic oxidation sites excluding steroid dienone is 1. The number of rotatable bonds is 8. The Hall–Kier alpha value is -3.08. The van der Waals surface area contributed by atoms with Crippen LogP contribution in [-0.2, 0) is 4.79 Å². The summed E-state index contributed by atoms with van der Waals surface area (Å²) in [5.41, 5.74) is 2.18. The zero-order valence-electron chi connectivity index (χ0n) is 16.3. The molecular formula is C23H25NO4. The summed E-state index contributed by atoms with van der Waals surface area (Å²) in [7, 11) is 1.60. The van der Waals surface area contributed by atoms with Gasteiger partial charge < -0.3 is 14.4 Å². The van der Waals surface area contributed by atoms with Crippen LogP contribution >= 0.6 is 0 Å². The Morgan fingerprint density at radius 2 is 2.04 bits per heavy atom. The Morgan fingerprint density at radius 3 is 2.75 bits per heavy atom. The third-order valence-corrected chi connectivity index (χ3v) is 4.59. The molecule has 5 heteroatoms. The summed E-state index contributed by atoms with van der Waals surface area (Å²) in [4.78, 5) is 26.2. The summed E-state index contributed by atoms with van der Waals surface area (Å²) < 4.78 is 11.0. The summed E-state index contributed by atoms with van der Waals surface area (Å²) in [5.74, 6) is 1.32. The lowest BCUT2D eigenvalue weighted by Crippen LogP contribution is -2.23. The van der Waals surface area contributed by atoms with Gasteiger partial charge in [-0.15, -0.1) is 0 Å². The third-order valence-electron chi connectivity index (χ3n) is 4.59. The van der Waals surface area contributed by atoms with Crippen LogP contribution in [0.3, 0.4) is 0 Å². The lowest BCUT2D eigenvalue weighted by atomic mass is 10.1. The van der Waals surface area contributed by atoms with Crippen molar-refractivity contribution in [2.45, 2.75) is 26.2 Å². The van der Waals surface area contributed by atoms with Crippen molar-refractivity contribution in [2.75, 3.05) is 25.2 Å². The molecule has 2 aromatic carbocycles. The van der Waals surface area contributed by atoms with Gasteiger partial charge in [-0.25, -0.2) is 0 Å². The van der Waals surface area contributed by atoms with Gasteiger partial charge in [0.05, 0.1) is 13.7 Å². The van der Waals surface area contributed by atoms with Crippen molar-refractivity contribution in [1.82, 2.24) is 0 Å². The minimum Gasteiger partial charge on any atom is -0.493 e. The molecule has 0 radical (unpaired) electrons. The SMILES string of the molecule is CCCOc1ccc(/C=C/C(=O)c2cccc(N3CCCC3=O)c2)cc1OC. The van der Waals surface area contributed by atoms with Crippen LogP contribution in [0, 0.1) is 0 Å². The molecule has 0 N–H and O–H groups in total. The van der Waals surface area contributed by atoms with Gasteiger partial charge in [0.1, 0.15) is 0 Å². The van der Waals surface area contributed by atoms with Crippen LogP contribution in [0.15, 0.2) is 48.5 Å². The van der Waals surface area contributed by atoms with Gasteiger partial charge in [-0.05, 0) is 48.7 Å². The first-order valence-corrected chi connectivity index (χ1v) is 9.56. The zero-order chi connectivity index (χ0) is 19.9. The van der Waals surface area contributed by atoms with Gasteiger partial charge in [0.2, 0.25) is 5.91 Å². The summed E-state index contributed by atoms with van der Waals surface area (Å²) in [5, 5.41) is 0. The van der Waals surface area contributed by atoms with Crippen molar-refractivity contribution in [3.63, 3.8) is 0 Å². The van der Waals surface area contributed by atoms with E-state index in [2.05, 4.69) is 0 Å². The van der Waals surface area contributed by atoms with Crippen molar-refractivity contribution in [3.8, 4) is 11.5 Å². The van der Waals surface area contributed by atoms with E-state index in [9.17, 15) is 9.59 Å². The molecule has 0 bridgehead atoms. The van der Waals surface area contributed by atoms with E-state index < -0.39 is 0 Å². The van der Waals surface area contributed by atoms with E-state index in [1.807, 2.05) is 37.3 Å². The number of anilines is 1. The summed E-state index contributed by atoms with van der Waals surface area (Å²) >= 11 is 0. The highest BCUT2D eigenvalue weighted by Crippen LogP contribution is 2.29. The Kier molecular flexibility index (Phi) is 6.48. The maximum Gasteiger partial charge on any atom is 0.227 e. The topological polar surface area (TPSA) is 55.8 Å². The summed E-state index contributed by atoms with van der Waals surface area (Å²) in [6, 6.07) is 12.8. The van der Waals surface area contributed by atoms with Crippen LogP contribution in [0.4, 0.5) is 5.69 Å². The smallest absolute Gasteiger partial charge is 0.227 e. The fourth-order valence-corrected chi connectivity index (χ4v) is 3.14. The maximum atomic E-state index is 12.6. The highest BCUT2D eigenvalue weighted by Gasteiger charge is 2.22. The maximum absolute atomic E-state index is 12.6. The molecule has 0 atom stereocenters. The van der Waals surface area contributed by atoms with Gasteiger partial charge in [0, 0.05) is 24.2 Å². The number of hydrogen-bond donors (Lipinski definition) is 0. The number of hydrogen-bond acceptors (Lipinski definition) is 4. The van der Waals surface area contributed by atoms with Crippen molar-refractivity contribution < 1.29 is 19.1 Å². The first-order chi connectivity index (χ1) is 13.6. The highest BCUT2D eigenvalue weighted by molar-refractivity contribution is 6.08. The van der Waals surface area contributed by atoms with Crippen molar-refractivity contribution in [2.24, 2.45) is 0 Å². The molecule has 28 heavy (non-hydrogen) atoms. The van der Waals surface area contributed by atoms with Crippen LogP contribution in [0.1, 0.15) is 42.1 Å². The largest absolute Gasteiger partial charge is 0.493 e. The quantitative estimate of drug-likeness (QED) is 0.500. The normalized spacial score (nSPS) is 13.9. The predicted molar refractivity (Wildman–Crippen MR) is 110 cm³/mol. The second-order valence-corrected chi connectivity index (χ2v) is 6.66. The van der Waals surface area contributed by atoms with E-state index in [-0.39, 0.29) is 11.7 Å². The van der Waals surface area contributed by atoms with Gasteiger partial charge in [-0.3, -0.25) is 9.59 Å². The number of ether oxygens (including phenoxy) is 2. The second kappa shape index (κ2) is 9.22. The molecule has 0 spiro atoms. The van der Waals surface area contributed by atoms with E-state index in [1.54, 1.807) is 30.2 Å². The standard InChI is InChI=1S/C23H25NO4/c1-3-14-28-21-12-10-17(15-22(21)27-2)9-11-20(25)18-6-4-7-19(16-18)24-13-5-8-23(24)26/h4,6-7,9-12,15-16H,3,5,8,13-14H2,1-2H3/b11-9+. The molecule has 1 aliphatic rings. The number of ketones is 1. The molecule has 1 fully saturated rings. The Balaban J connectivity index is 1.74. The van der Waals surface area contributed by atoms with Crippen LogP contribution < -0.4 is 14.4 Å².